The molecule has 1 atom stereocenters. The third-order valence-electron chi connectivity index (χ3n) is 5.06. The van der Waals surface area contributed by atoms with Crippen molar-refractivity contribution in [3.63, 3.8) is 0 Å². The minimum absolute atomic E-state index is 0.0708. The average Bonchev–Trinajstić information content (AvgIpc) is 3.40. The molecule has 0 bridgehead atoms. The van der Waals surface area contributed by atoms with Crippen LogP contribution in [-0.2, 0) is 4.79 Å². The fraction of sp³-hybridized carbons (Fsp3) is 0.333. The lowest BCUT2D eigenvalue weighted by Gasteiger charge is -2.33. The summed E-state index contributed by atoms with van der Waals surface area (Å²) >= 11 is 0.705. The molecule has 3 rings (SSSR count). The van der Waals surface area contributed by atoms with Crippen LogP contribution in [0.5, 0.6) is 11.5 Å². The molecule has 12 heteroatoms. The monoisotopic (exact) mass is 515 g/mol. The number of carbonyl (C=O) groups is 3. The van der Waals surface area contributed by atoms with E-state index < -0.39 is 29.3 Å². The summed E-state index contributed by atoms with van der Waals surface area (Å²) in [6, 6.07) is 6.80. The second kappa shape index (κ2) is 10.3. The lowest BCUT2D eigenvalue weighted by atomic mass is 10.0. The standard InChI is InChI=1S/C24H29N5O6S/c1-12-7-10-15(35-12)19(22(31)27-24(2,3)4)29(14-9-8-13(33-5)11-16(14)34-6)23(32)20-17(25)18(21(26)30)28-36-20/h7-11,19H,25H2,1-6H3,(H2,26,30)(H,27,31)/t19-/m0/s1. The summed E-state index contributed by atoms with van der Waals surface area (Å²) < 4.78 is 20.6. The van der Waals surface area contributed by atoms with E-state index >= 15 is 0 Å². The second-order valence-electron chi connectivity index (χ2n) is 8.94. The minimum Gasteiger partial charge on any atom is -0.497 e. The van der Waals surface area contributed by atoms with Crippen LogP contribution in [0.3, 0.4) is 0 Å². The van der Waals surface area contributed by atoms with Crippen LogP contribution in [0.4, 0.5) is 11.4 Å². The summed E-state index contributed by atoms with van der Waals surface area (Å²) in [5, 5.41) is 2.91. The largest absolute Gasteiger partial charge is 0.497 e. The Morgan fingerprint density at radius 2 is 1.83 bits per heavy atom. The van der Waals surface area contributed by atoms with Crippen LogP contribution in [0.15, 0.2) is 34.7 Å². The lowest BCUT2D eigenvalue weighted by molar-refractivity contribution is -0.124. The molecular weight excluding hydrogens is 486 g/mol. The van der Waals surface area contributed by atoms with Gasteiger partial charge in [-0.05, 0) is 63.5 Å². The van der Waals surface area contributed by atoms with Crippen molar-refractivity contribution < 1.29 is 28.3 Å². The van der Waals surface area contributed by atoms with E-state index in [2.05, 4.69) is 9.69 Å². The van der Waals surface area contributed by atoms with E-state index in [1.54, 1.807) is 37.3 Å². The molecule has 0 radical (unpaired) electrons. The number of furan rings is 1. The molecule has 36 heavy (non-hydrogen) atoms. The molecule has 192 valence electrons. The fourth-order valence-electron chi connectivity index (χ4n) is 3.50. The molecule has 2 aromatic heterocycles. The van der Waals surface area contributed by atoms with Gasteiger partial charge in [-0.2, -0.15) is 4.37 Å². The second-order valence-corrected chi connectivity index (χ2v) is 9.71. The molecule has 0 aliphatic carbocycles. The Balaban J connectivity index is 2.29. The highest BCUT2D eigenvalue weighted by Gasteiger charge is 2.40. The van der Waals surface area contributed by atoms with Crippen LogP contribution in [-0.4, -0.2) is 41.9 Å². The molecule has 11 nitrogen and oxygen atoms in total. The number of ether oxygens (including phenoxy) is 2. The van der Waals surface area contributed by atoms with Gasteiger partial charge in [0.1, 0.15) is 27.9 Å². The van der Waals surface area contributed by atoms with Crippen molar-refractivity contribution >= 4 is 40.6 Å². The van der Waals surface area contributed by atoms with Crippen molar-refractivity contribution in [2.45, 2.75) is 39.3 Å². The molecule has 0 aliphatic heterocycles. The highest BCUT2D eigenvalue weighted by molar-refractivity contribution is 7.09. The summed E-state index contributed by atoms with van der Waals surface area (Å²) in [5.41, 5.74) is 10.6. The first kappa shape index (κ1) is 26.5. The van der Waals surface area contributed by atoms with Crippen LogP contribution < -0.4 is 31.2 Å². The third-order valence-corrected chi connectivity index (χ3v) is 5.91. The van der Waals surface area contributed by atoms with Gasteiger partial charge >= 0.3 is 0 Å². The van der Waals surface area contributed by atoms with Gasteiger partial charge in [-0.25, -0.2) is 0 Å². The van der Waals surface area contributed by atoms with Gasteiger partial charge in [0.2, 0.25) is 0 Å². The van der Waals surface area contributed by atoms with E-state index in [4.69, 9.17) is 25.4 Å². The highest BCUT2D eigenvalue weighted by atomic mass is 32.1. The molecule has 1 aromatic carbocycles. The number of hydrogen-bond donors (Lipinski definition) is 3. The Morgan fingerprint density at radius 3 is 2.33 bits per heavy atom. The number of aromatic nitrogens is 1. The Hall–Kier alpha value is -4.06. The molecule has 2 heterocycles. The van der Waals surface area contributed by atoms with Crippen molar-refractivity contribution in [3.05, 3.63) is 52.4 Å². The van der Waals surface area contributed by atoms with Crippen molar-refractivity contribution in [2.24, 2.45) is 5.73 Å². The minimum atomic E-state index is -1.27. The van der Waals surface area contributed by atoms with Crippen LogP contribution in [0.1, 0.15) is 58.5 Å². The van der Waals surface area contributed by atoms with E-state index in [1.165, 1.54) is 19.1 Å². The number of nitrogens with two attached hydrogens (primary N) is 2. The first-order valence-corrected chi connectivity index (χ1v) is 11.6. The van der Waals surface area contributed by atoms with Crippen molar-refractivity contribution in [1.82, 2.24) is 9.69 Å². The Morgan fingerprint density at radius 1 is 1.14 bits per heavy atom. The molecule has 0 saturated carbocycles. The van der Waals surface area contributed by atoms with E-state index in [0.717, 1.165) is 0 Å². The number of nitrogens with zero attached hydrogens (tertiary/aromatic N) is 2. The zero-order valence-corrected chi connectivity index (χ0v) is 21.7. The predicted octanol–water partition coefficient (Wildman–Crippen LogP) is 3.05. The van der Waals surface area contributed by atoms with Crippen LogP contribution in [0.2, 0.25) is 0 Å². The molecule has 0 unspecified atom stereocenters. The number of carbonyl (C=O) groups excluding carboxylic acids is 3. The first-order chi connectivity index (χ1) is 16.9. The first-order valence-electron chi connectivity index (χ1n) is 10.9. The van der Waals surface area contributed by atoms with E-state index in [1.807, 2.05) is 20.8 Å². The number of benzene rings is 1. The number of methoxy groups -OCH3 is 2. The average molecular weight is 516 g/mol. The van der Waals surface area contributed by atoms with Gasteiger partial charge < -0.3 is 30.7 Å². The molecule has 5 N–H and O–H groups in total. The maximum absolute atomic E-state index is 14.1. The summed E-state index contributed by atoms with van der Waals surface area (Å²) in [5.74, 6) is -0.622. The normalized spacial score (nSPS) is 12.1. The highest BCUT2D eigenvalue weighted by Crippen LogP contribution is 2.40. The molecule has 3 amide bonds. The molecular formula is C24H29N5O6S. The zero-order chi connectivity index (χ0) is 26.8. The molecule has 0 saturated heterocycles. The zero-order valence-electron chi connectivity index (χ0n) is 20.9. The topological polar surface area (TPSA) is 163 Å². The number of amides is 3. The van der Waals surface area contributed by atoms with Crippen molar-refractivity contribution in [1.29, 1.82) is 0 Å². The van der Waals surface area contributed by atoms with Gasteiger partial charge in [-0.3, -0.25) is 19.3 Å². The number of anilines is 2. The van der Waals surface area contributed by atoms with E-state index in [0.29, 0.717) is 23.0 Å². The number of aryl methyl sites for hydroxylation is 1. The maximum atomic E-state index is 14.1. The molecule has 0 aliphatic rings. The summed E-state index contributed by atoms with van der Waals surface area (Å²) in [6.45, 7) is 7.17. The van der Waals surface area contributed by atoms with Gasteiger partial charge in [0.25, 0.3) is 17.7 Å². The van der Waals surface area contributed by atoms with Crippen LogP contribution >= 0.6 is 11.5 Å². The Kier molecular flexibility index (Phi) is 7.58. The maximum Gasteiger partial charge on any atom is 0.273 e. The molecule has 0 spiro atoms. The number of nitrogens with one attached hydrogen (secondary N) is 1. The number of hydrogen-bond acceptors (Lipinski definition) is 9. The third kappa shape index (κ3) is 5.43. The summed E-state index contributed by atoms with van der Waals surface area (Å²) in [7, 11) is 2.92. The number of primary amides is 1. The lowest BCUT2D eigenvalue weighted by Crippen LogP contribution is -2.49. The van der Waals surface area contributed by atoms with Gasteiger partial charge in [0, 0.05) is 11.6 Å². The SMILES string of the molecule is COc1ccc(N(C(=O)c2snc(C(N)=O)c2N)[C@H](C(=O)NC(C)(C)C)c2ccc(C)o2)c(OC)c1. The summed E-state index contributed by atoms with van der Waals surface area (Å²) in [6.07, 6.45) is 0. The predicted molar refractivity (Wildman–Crippen MR) is 135 cm³/mol. The smallest absolute Gasteiger partial charge is 0.273 e. The van der Waals surface area contributed by atoms with E-state index in [9.17, 15) is 14.4 Å². The summed E-state index contributed by atoms with van der Waals surface area (Å²) in [4.78, 5) is 40.6. The Bertz CT molecular complexity index is 1290. The van der Waals surface area contributed by atoms with Crippen molar-refractivity contribution in [2.75, 3.05) is 24.9 Å². The van der Waals surface area contributed by atoms with Gasteiger partial charge in [0.05, 0.1) is 25.6 Å². The quantitative estimate of drug-likeness (QED) is 0.412. The molecule has 3 aromatic rings. The molecule has 0 fully saturated rings. The van der Waals surface area contributed by atoms with Gasteiger partial charge in [-0.15, -0.1) is 0 Å². The van der Waals surface area contributed by atoms with Gasteiger partial charge in [-0.1, -0.05) is 0 Å². The van der Waals surface area contributed by atoms with Crippen molar-refractivity contribution in [3.8, 4) is 11.5 Å². The van der Waals surface area contributed by atoms with Gasteiger partial charge in [0.15, 0.2) is 11.7 Å². The van der Waals surface area contributed by atoms with E-state index in [-0.39, 0.29) is 33.5 Å². The van der Waals surface area contributed by atoms with Crippen LogP contribution in [0, 0.1) is 6.92 Å². The van der Waals surface area contributed by atoms with Crippen LogP contribution in [0.25, 0.3) is 0 Å². The number of nitrogen functional groups attached to an aromatic ring is 1. The Labute approximate surface area is 212 Å². The number of rotatable bonds is 8. The fourth-order valence-corrected chi connectivity index (χ4v) is 4.24.